The average molecular weight is 503 g/mol. The van der Waals surface area contributed by atoms with Gasteiger partial charge in [-0.15, -0.1) is 0 Å². The van der Waals surface area contributed by atoms with Crippen LogP contribution in [0.25, 0.3) is 0 Å². The van der Waals surface area contributed by atoms with Crippen LogP contribution in [0, 0.1) is 0 Å². The maximum absolute atomic E-state index is 8.80. The third-order valence-corrected chi connectivity index (χ3v) is 5.56. The monoisotopic (exact) mass is 502 g/mol. The number of hydrogen-bond acceptors (Lipinski definition) is 8. The predicted molar refractivity (Wildman–Crippen MR) is 132 cm³/mol. The fourth-order valence-corrected chi connectivity index (χ4v) is 2.99. The van der Waals surface area contributed by atoms with E-state index in [4.69, 9.17) is 27.7 Å². The van der Waals surface area contributed by atoms with Gasteiger partial charge in [0.1, 0.15) is 0 Å². The SMILES string of the molecule is CCCCCN[N+](C)(CC)CCCO.CCCCCN[N+](C)(CC)CCCO.O=S(=O)([O-])[O-]. The molecule has 4 N–H and O–H groups in total. The van der Waals surface area contributed by atoms with E-state index in [0.717, 1.165) is 61.3 Å². The first-order valence-corrected chi connectivity index (χ1v) is 13.8. The molecule has 0 aliphatic rings. The Bertz CT molecular complexity index is 475. The first-order valence-electron chi connectivity index (χ1n) is 12.4. The van der Waals surface area contributed by atoms with E-state index in [0.29, 0.717) is 13.2 Å². The summed E-state index contributed by atoms with van der Waals surface area (Å²) < 4.78 is 35.8. The van der Waals surface area contributed by atoms with Gasteiger partial charge in [-0.3, -0.25) is 8.42 Å². The summed E-state index contributed by atoms with van der Waals surface area (Å²) in [6.45, 7) is 15.8. The Morgan fingerprint density at radius 1 is 0.667 bits per heavy atom. The van der Waals surface area contributed by atoms with Gasteiger partial charge in [-0.25, -0.2) is 9.18 Å². The average Bonchev–Trinajstić information content (AvgIpc) is 2.76. The van der Waals surface area contributed by atoms with Crippen molar-refractivity contribution in [1.29, 1.82) is 0 Å². The molecule has 0 saturated heterocycles. The van der Waals surface area contributed by atoms with Crippen LogP contribution >= 0.6 is 0 Å². The summed E-state index contributed by atoms with van der Waals surface area (Å²) in [5, 5.41) is 17.6. The summed E-state index contributed by atoms with van der Waals surface area (Å²) in [5.74, 6) is 0. The van der Waals surface area contributed by atoms with Gasteiger partial charge in [0.25, 0.3) is 0 Å². The van der Waals surface area contributed by atoms with E-state index in [1.807, 2.05) is 0 Å². The van der Waals surface area contributed by atoms with Gasteiger partial charge in [0.05, 0.1) is 40.3 Å². The number of aliphatic hydroxyl groups excluding tert-OH is 2. The second kappa shape index (κ2) is 23.4. The Balaban J connectivity index is -0.000000453. The Morgan fingerprint density at radius 3 is 1.18 bits per heavy atom. The van der Waals surface area contributed by atoms with Crippen molar-refractivity contribution >= 4 is 10.4 Å². The smallest absolute Gasteiger partial charge is 0.0982 e. The highest BCUT2D eigenvalue weighted by Gasteiger charge is 2.18. The van der Waals surface area contributed by atoms with Crippen molar-refractivity contribution in [2.24, 2.45) is 0 Å². The molecule has 0 spiro atoms. The fraction of sp³-hybridized carbons (Fsp3) is 1.00. The zero-order chi connectivity index (χ0) is 26.2. The maximum atomic E-state index is 8.80. The van der Waals surface area contributed by atoms with Crippen LogP contribution in [0.4, 0.5) is 0 Å². The van der Waals surface area contributed by atoms with Crippen LogP contribution in [0.15, 0.2) is 0 Å². The lowest BCUT2D eigenvalue weighted by Crippen LogP contribution is -2.55. The van der Waals surface area contributed by atoms with Crippen LogP contribution in [0.5, 0.6) is 0 Å². The van der Waals surface area contributed by atoms with E-state index >= 15 is 0 Å². The highest BCUT2D eigenvalue weighted by molar-refractivity contribution is 7.79. The van der Waals surface area contributed by atoms with Gasteiger partial charge in [-0.2, -0.15) is 10.9 Å². The highest BCUT2D eigenvalue weighted by Crippen LogP contribution is 2.01. The van der Waals surface area contributed by atoms with E-state index < -0.39 is 10.4 Å². The van der Waals surface area contributed by atoms with Gasteiger partial charge in [-0.05, 0) is 26.7 Å². The van der Waals surface area contributed by atoms with Crippen LogP contribution < -0.4 is 10.9 Å². The van der Waals surface area contributed by atoms with Crippen LogP contribution in [0.3, 0.4) is 0 Å². The van der Waals surface area contributed by atoms with Gasteiger partial charge in [0.2, 0.25) is 0 Å². The molecule has 0 aliphatic carbocycles. The molecule has 0 aliphatic heterocycles. The standard InChI is InChI=1S/2C11H27N2O.H2O4S/c2*1-4-6-7-9-12-13(3,5-2)10-8-11-14;1-5(2,3)4/h2*12,14H,4-11H2,1-3H3;(H2,1,2,3,4)/q2*+1;/p-2. The summed E-state index contributed by atoms with van der Waals surface area (Å²) >= 11 is 0. The van der Waals surface area contributed by atoms with Gasteiger partial charge in [0, 0.05) is 49.5 Å². The number of hydrogen-bond donors (Lipinski definition) is 4. The molecule has 33 heavy (non-hydrogen) atoms. The van der Waals surface area contributed by atoms with Gasteiger partial charge >= 0.3 is 0 Å². The minimum atomic E-state index is -5.17. The number of unbranched alkanes of at least 4 members (excludes halogenated alkanes) is 4. The predicted octanol–water partition coefficient (Wildman–Crippen LogP) is 1.72. The molecule has 0 aromatic carbocycles. The Morgan fingerprint density at radius 2 is 0.970 bits per heavy atom. The van der Waals surface area contributed by atoms with Crippen molar-refractivity contribution in [2.45, 2.75) is 79.1 Å². The summed E-state index contributed by atoms with van der Waals surface area (Å²) in [5.41, 5.74) is 7.08. The van der Waals surface area contributed by atoms with E-state index in [1.54, 1.807) is 0 Å². The summed E-state index contributed by atoms with van der Waals surface area (Å²) in [6.07, 6.45) is 9.42. The molecule has 11 heteroatoms. The molecule has 0 fully saturated rings. The molecule has 0 rings (SSSR count). The first-order chi connectivity index (χ1) is 15.4. The first kappa shape index (κ1) is 37.2. The maximum Gasteiger partial charge on any atom is 0.0982 e. The van der Waals surface area contributed by atoms with Crippen molar-refractivity contribution in [3.63, 3.8) is 0 Å². The molecule has 0 heterocycles. The van der Waals surface area contributed by atoms with Gasteiger partial charge < -0.3 is 19.3 Å². The van der Waals surface area contributed by atoms with Crippen LogP contribution in [-0.4, -0.2) is 103 Å². The Hall–Kier alpha value is -0.370. The molecular weight excluding hydrogens is 448 g/mol. The summed E-state index contributed by atoms with van der Waals surface area (Å²) in [4.78, 5) is 0. The van der Waals surface area contributed by atoms with Crippen molar-refractivity contribution in [3.8, 4) is 0 Å². The van der Waals surface area contributed by atoms with Crippen molar-refractivity contribution in [2.75, 3.05) is 66.6 Å². The number of nitrogens with zero attached hydrogens (tertiary/aromatic N) is 2. The molecule has 0 saturated carbocycles. The lowest BCUT2D eigenvalue weighted by molar-refractivity contribution is -0.950. The minimum absolute atomic E-state index is 0.296. The van der Waals surface area contributed by atoms with Crippen LogP contribution in [-0.2, 0) is 10.4 Å². The second-order valence-corrected chi connectivity index (χ2v) is 9.48. The van der Waals surface area contributed by atoms with Crippen LogP contribution in [0.1, 0.15) is 79.1 Å². The van der Waals surface area contributed by atoms with E-state index in [9.17, 15) is 0 Å². The van der Waals surface area contributed by atoms with E-state index in [2.05, 4.69) is 52.6 Å². The van der Waals surface area contributed by atoms with Crippen molar-refractivity contribution in [1.82, 2.24) is 10.9 Å². The van der Waals surface area contributed by atoms with Gasteiger partial charge in [-0.1, -0.05) is 39.5 Å². The molecule has 0 radical (unpaired) electrons. The third kappa shape index (κ3) is 31.6. The van der Waals surface area contributed by atoms with Crippen LogP contribution in [0.2, 0.25) is 0 Å². The lowest BCUT2D eigenvalue weighted by atomic mass is 10.2. The topological polar surface area (TPSA) is 145 Å². The van der Waals surface area contributed by atoms with E-state index in [-0.39, 0.29) is 0 Å². The summed E-state index contributed by atoms with van der Waals surface area (Å²) in [7, 11) is -0.775. The molecular formula is C22H54N4O6S. The molecule has 0 aromatic rings. The van der Waals surface area contributed by atoms with Crippen molar-refractivity contribution < 1.29 is 36.9 Å². The molecule has 10 nitrogen and oxygen atoms in total. The molecule has 0 amide bonds. The molecule has 0 aromatic heterocycles. The highest BCUT2D eigenvalue weighted by atomic mass is 32.3. The minimum Gasteiger partial charge on any atom is -0.759 e. The Kier molecular flexibility index (Phi) is 26.3. The molecule has 2 atom stereocenters. The number of quaternary nitrogens is 2. The van der Waals surface area contributed by atoms with E-state index in [1.165, 1.54) is 38.5 Å². The molecule has 0 bridgehead atoms. The van der Waals surface area contributed by atoms with Crippen molar-refractivity contribution in [3.05, 3.63) is 0 Å². The zero-order valence-electron chi connectivity index (χ0n) is 22.1. The fourth-order valence-electron chi connectivity index (χ4n) is 2.99. The quantitative estimate of drug-likeness (QED) is 0.0729. The third-order valence-electron chi connectivity index (χ3n) is 5.56. The van der Waals surface area contributed by atoms with Gasteiger partial charge in [0.15, 0.2) is 0 Å². The lowest BCUT2D eigenvalue weighted by Gasteiger charge is -2.32. The molecule has 204 valence electrons. The number of nitrogens with one attached hydrogen (secondary N) is 2. The number of rotatable bonds is 18. The summed E-state index contributed by atoms with van der Waals surface area (Å²) in [6, 6.07) is 0. The Labute approximate surface area is 204 Å². The number of aliphatic hydroxyl groups is 2. The second-order valence-electron chi connectivity index (χ2n) is 8.66. The molecule has 2 unspecified atom stereocenters. The normalized spacial score (nSPS) is 14.8. The zero-order valence-corrected chi connectivity index (χ0v) is 23.0. The largest absolute Gasteiger partial charge is 0.759 e.